The maximum Gasteiger partial charge on any atom is 0.262 e. The van der Waals surface area contributed by atoms with E-state index in [0.29, 0.717) is 17.8 Å². The zero-order valence-corrected chi connectivity index (χ0v) is 16.5. The van der Waals surface area contributed by atoms with Crippen molar-refractivity contribution < 1.29 is 9.53 Å². The predicted molar refractivity (Wildman–Crippen MR) is 115 cm³/mol. The zero-order valence-electron chi connectivity index (χ0n) is 16.5. The second-order valence-electron chi connectivity index (χ2n) is 7.09. The first-order valence-electron chi connectivity index (χ1n) is 9.96. The molecular formula is C24H22N4O2. The normalized spacial score (nSPS) is 16.2. The van der Waals surface area contributed by atoms with Crippen LogP contribution in [0, 0.1) is 11.3 Å². The summed E-state index contributed by atoms with van der Waals surface area (Å²) < 4.78 is 7.29. The maximum absolute atomic E-state index is 12.6. The van der Waals surface area contributed by atoms with E-state index in [1.165, 1.54) is 0 Å². The number of rotatable bonds is 6. The SMILES string of the molecule is N#C/C(=C\c1cn(-c2ccccc2)nc1-c1ccccc1)C(=O)NCC1CCCO1. The molecule has 1 unspecified atom stereocenters. The Labute approximate surface area is 175 Å². The fourth-order valence-corrected chi connectivity index (χ4v) is 3.44. The number of benzene rings is 2. The smallest absolute Gasteiger partial charge is 0.262 e. The lowest BCUT2D eigenvalue weighted by atomic mass is 10.1. The molecule has 0 spiro atoms. The monoisotopic (exact) mass is 398 g/mol. The average Bonchev–Trinajstić information content (AvgIpc) is 3.47. The minimum atomic E-state index is -0.403. The summed E-state index contributed by atoms with van der Waals surface area (Å²) in [7, 11) is 0. The summed E-state index contributed by atoms with van der Waals surface area (Å²) >= 11 is 0. The lowest BCUT2D eigenvalue weighted by Crippen LogP contribution is -2.32. The molecule has 1 saturated heterocycles. The molecule has 2 heterocycles. The summed E-state index contributed by atoms with van der Waals surface area (Å²) in [4.78, 5) is 12.6. The van der Waals surface area contributed by atoms with E-state index in [0.717, 1.165) is 30.7 Å². The van der Waals surface area contributed by atoms with Crippen molar-refractivity contribution in [3.63, 3.8) is 0 Å². The summed E-state index contributed by atoms with van der Waals surface area (Å²) in [5.74, 6) is -0.403. The Bertz CT molecular complexity index is 1080. The molecule has 6 heteroatoms. The molecule has 1 aliphatic rings. The van der Waals surface area contributed by atoms with Crippen molar-refractivity contribution in [1.29, 1.82) is 5.26 Å². The lowest BCUT2D eigenvalue weighted by Gasteiger charge is -2.10. The van der Waals surface area contributed by atoms with Crippen molar-refractivity contribution in [3.05, 3.63) is 78.0 Å². The van der Waals surface area contributed by atoms with Crippen LogP contribution in [0.4, 0.5) is 0 Å². The van der Waals surface area contributed by atoms with E-state index in [9.17, 15) is 10.1 Å². The molecule has 0 aliphatic carbocycles. The zero-order chi connectivity index (χ0) is 20.8. The van der Waals surface area contributed by atoms with E-state index in [-0.39, 0.29) is 11.7 Å². The number of nitrogens with one attached hydrogen (secondary N) is 1. The number of hydrogen-bond acceptors (Lipinski definition) is 4. The van der Waals surface area contributed by atoms with Gasteiger partial charge in [0.05, 0.1) is 17.5 Å². The van der Waals surface area contributed by atoms with Crippen molar-refractivity contribution in [2.24, 2.45) is 0 Å². The molecule has 0 radical (unpaired) electrons. The molecule has 1 amide bonds. The van der Waals surface area contributed by atoms with Crippen LogP contribution in [0.5, 0.6) is 0 Å². The van der Waals surface area contributed by atoms with Gasteiger partial charge in [0.2, 0.25) is 0 Å². The van der Waals surface area contributed by atoms with Gasteiger partial charge in [-0.15, -0.1) is 0 Å². The summed E-state index contributed by atoms with van der Waals surface area (Å²) in [6, 6.07) is 21.5. The Morgan fingerprint density at radius 1 is 1.20 bits per heavy atom. The van der Waals surface area contributed by atoms with Gasteiger partial charge < -0.3 is 10.1 Å². The highest BCUT2D eigenvalue weighted by molar-refractivity contribution is 6.02. The second-order valence-corrected chi connectivity index (χ2v) is 7.09. The maximum atomic E-state index is 12.6. The minimum Gasteiger partial charge on any atom is -0.376 e. The number of ether oxygens (including phenoxy) is 1. The molecule has 30 heavy (non-hydrogen) atoms. The number of amides is 1. The number of nitriles is 1. The van der Waals surface area contributed by atoms with Gasteiger partial charge in [0.15, 0.2) is 0 Å². The number of nitrogens with zero attached hydrogens (tertiary/aromatic N) is 3. The molecule has 3 aromatic rings. The summed E-state index contributed by atoms with van der Waals surface area (Å²) in [6.45, 7) is 1.13. The van der Waals surface area contributed by atoms with Crippen LogP contribution in [0.1, 0.15) is 18.4 Å². The van der Waals surface area contributed by atoms with Gasteiger partial charge in [0.25, 0.3) is 5.91 Å². The van der Waals surface area contributed by atoms with Gasteiger partial charge >= 0.3 is 0 Å². The van der Waals surface area contributed by atoms with Crippen LogP contribution in [0.25, 0.3) is 23.0 Å². The Hall–Kier alpha value is -3.69. The van der Waals surface area contributed by atoms with Gasteiger partial charge in [0, 0.05) is 30.5 Å². The van der Waals surface area contributed by atoms with Crippen LogP contribution in [0.3, 0.4) is 0 Å². The standard InChI is InChI=1S/C24H22N4O2/c25-15-19(24(29)26-16-22-12-7-13-30-22)14-20-17-28(21-10-5-2-6-11-21)27-23(20)18-8-3-1-4-9-18/h1-6,8-11,14,17,22H,7,12-13,16H2,(H,26,29)/b19-14+. The van der Waals surface area contributed by atoms with Crippen molar-refractivity contribution in [1.82, 2.24) is 15.1 Å². The molecule has 0 saturated carbocycles. The molecule has 0 bridgehead atoms. The predicted octanol–water partition coefficient (Wildman–Crippen LogP) is 3.74. The summed E-state index contributed by atoms with van der Waals surface area (Å²) in [5.41, 5.74) is 3.26. The van der Waals surface area contributed by atoms with Gasteiger partial charge in [0.1, 0.15) is 11.6 Å². The number of hydrogen-bond donors (Lipinski definition) is 1. The summed E-state index contributed by atoms with van der Waals surface area (Å²) in [6.07, 6.45) is 5.38. The van der Waals surface area contributed by atoms with Crippen LogP contribution in [-0.4, -0.2) is 34.9 Å². The van der Waals surface area contributed by atoms with Gasteiger partial charge in [-0.3, -0.25) is 4.79 Å². The molecular weight excluding hydrogens is 376 g/mol. The Morgan fingerprint density at radius 2 is 1.93 bits per heavy atom. The minimum absolute atomic E-state index is 0.0228. The first kappa shape index (κ1) is 19.6. The van der Waals surface area contributed by atoms with Crippen LogP contribution in [0.2, 0.25) is 0 Å². The van der Waals surface area contributed by atoms with Crippen LogP contribution >= 0.6 is 0 Å². The Morgan fingerprint density at radius 3 is 2.60 bits per heavy atom. The largest absolute Gasteiger partial charge is 0.376 e. The third-order valence-electron chi connectivity index (χ3n) is 4.99. The first-order valence-corrected chi connectivity index (χ1v) is 9.96. The molecule has 4 rings (SSSR count). The molecule has 1 fully saturated rings. The molecule has 150 valence electrons. The van der Waals surface area contributed by atoms with E-state index in [4.69, 9.17) is 9.84 Å². The van der Waals surface area contributed by atoms with E-state index in [1.54, 1.807) is 10.8 Å². The molecule has 6 nitrogen and oxygen atoms in total. The Kier molecular flexibility index (Phi) is 6.02. The molecule has 2 aromatic carbocycles. The van der Waals surface area contributed by atoms with Crippen molar-refractivity contribution in [2.75, 3.05) is 13.2 Å². The third-order valence-corrected chi connectivity index (χ3v) is 4.99. The van der Waals surface area contributed by atoms with Gasteiger partial charge in [-0.05, 0) is 31.1 Å². The topological polar surface area (TPSA) is 79.9 Å². The number of aromatic nitrogens is 2. The van der Waals surface area contributed by atoms with Crippen LogP contribution in [0.15, 0.2) is 72.4 Å². The molecule has 1 atom stereocenters. The molecule has 1 N–H and O–H groups in total. The summed E-state index contributed by atoms with van der Waals surface area (Å²) in [5, 5.41) is 17.1. The van der Waals surface area contributed by atoms with Crippen LogP contribution < -0.4 is 5.32 Å². The van der Waals surface area contributed by atoms with Crippen molar-refractivity contribution in [3.8, 4) is 23.0 Å². The number of para-hydroxylation sites is 1. The number of carbonyl (C=O) groups excluding carboxylic acids is 1. The van der Waals surface area contributed by atoms with Crippen LogP contribution in [-0.2, 0) is 9.53 Å². The highest BCUT2D eigenvalue weighted by Crippen LogP contribution is 2.25. The van der Waals surface area contributed by atoms with E-state index >= 15 is 0 Å². The van der Waals surface area contributed by atoms with Crippen molar-refractivity contribution in [2.45, 2.75) is 18.9 Å². The highest BCUT2D eigenvalue weighted by Gasteiger charge is 2.19. The highest BCUT2D eigenvalue weighted by atomic mass is 16.5. The first-order chi connectivity index (χ1) is 14.7. The fraction of sp³-hybridized carbons (Fsp3) is 0.208. The van der Waals surface area contributed by atoms with Gasteiger partial charge in [-0.1, -0.05) is 48.5 Å². The molecule has 1 aromatic heterocycles. The van der Waals surface area contributed by atoms with E-state index in [1.807, 2.05) is 72.9 Å². The third kappa shape index (κ3) is 4.48. The molecule has 1 aliphatic heterocycles. The lowest BCUT2D eigenvalue weighted by molar-refractivity contribution is -0.117. The number of carbonyl (C=O) groups is 1. The van der Waals surface area contributed by atoms with E-state index in [2.05, 4.69) is 5.32 Å². The fourth-order valence-electron chi connectivity index (χ4n) is 3.44. The quantitative estimate of drug-likeness (QED) is 0.507. The average molecular weight is 398 g/mol. The second kappa shape index (κ2) is 9.21. The van der Waals surface area contributed by atoms with Gasteiger partial charge in [-0.25, -0.2) is 4.68 Å². The Balaban J connectivity index is 1.66. The van der Waals surface area contributed by atoms with Gasteiger partial charge in [-0.2, -0.15) is 10.4 Å². The van der Waals surface area contributed by atoms with E-state index < -0.39 is 5.91 Å². The van der Waals surface area contributed by atoms with Crippen molar-refractivity contribution >= 4 is 12.0 Å².